The number of amides is 4. The van der Waals surface area contributed by atoms with E-state index in [4.69, 9.17) is 16.3 Å². The van der Waals surface area contributed by atoms with Gasteiger partial charge in [-0.3, -0.25) is 9.80 Å². The number of carbonyl (C=O) groups is 3. The number of nitrogens with one attached hydrogen (secondary N) is 2. The van der Waals surface area contributed by atoms with Gasteiger partial charge in [-0.15, -0.1) is 0 Å². The number of benzene rings is 1. The van der Waals surface area contributed by atoms with Crippen LogP contribution in [0.1, 0.15) is 45.7 Å². The highest BCUT2D eigenvalue weighted by Crippen LogP contribution is 2.33. The highest BCUT2D eigenvalue weighted by atomic mass is 35.5. The van der Waals surface area contributed by atoms with Crippen LogP contribution < -0.4 is 10.6 Å². The van der Waals surface area contributed by atoms with Crippen LogP contribution in [-0.2, 0) is 9.53 Å². The highest BCUT2D eigenvalue weighted by molar-refractivity contribution is 6.30. The Labute approximate surface area is 212 Å². The van der Waals surface area contributed by atoms with E-state index in [0.29, 0.717) is 55.6 Å². The minimum Gasteiger partial charge on any atom is -0.463 e. The molecule has 2 atom stereocenters. The van der Waals surface area contributed by atoms with Crippen molar-refractivity contribution in [2.24, 2.45) is 0 Å². The van der Waals surface area contributed by atoms with Crippen molar-refractivity contribution >= 4 is 29.6 Å². The Morgan fingerprint density at radius 2 is 1.89 bits per heavy atom. The number of halogens is 1. The highest BCUT2D eigenvalue weighted by Gasteiger charge is 2.39. The van der Waals surface area contributed by atoms with E-state index >= 15 is 0 Å². The van der Waals surface area contributed by atoms with Crippen molar-refractivity contribution in [2.75, 3.05) is 45.9 Å². The summed E-state index contributed by atoms with van der Waals surface area (Å²) in [5.74, 6) is -0.452. The van der Waals surface area contributed by atoms with Crippen LogP contribution in [0, 0.1) is 0 Å². The summed E-state index contributed by atoms with van der Waals surface area (Å²) in [7, 11) is 0. The van der Waals surface area contributed by atoms with Gasteiger partial charge in [0.25, 0.3) is 0 Å². The average molecular weight is 506 g/mol. The molecule has 4 amide bonds. The Hall–Kier alpha value is -2.78. The molecule has 0 radical (unpaired) electrons. The fraction of sp³-hybridized carbons (Fsp3) is 0.560. The lowest BCUT2D eigenvalue weighted by Crippen LogP contribution is -2.58. The van der Waals surface area contributed by atoms with Crippen molar-refractivity contribution in [1.29, 1.82) is 0 Å². The van der Waals surface area contributed by atoms with Gasteiger partial charge in [-0.05, 0) is 44.9 Å². The number of nitrogens with zero attached hydrogens (tertiary/aromatic N) is 3. The molecule has 1 saturated heterocycles. The molecule has 35 heavy (non-hydrogen) atoms. The second-order valence-electron chi connectivity index (χ2n) is 8.77. The van der Waals surface area contributed by atoms with E-state index in [1.165, 1.54) is 0 Å². The van der Waals surface area contributed by atoms with Crippen molar-refractivity contribution in [3.8, 4) is 0 Å². The fourth-order valence-electron chi connectivity index (χ4n) is 4.59. The molecule has 2 N–H and O–H groups in total. The lowest BCUT2D eigenvalue weighted by atomic mass is 9.94. The van der Waals surface area contributed by atoms with E-state index in [1.54, 1.807) is 24.0 Å². The van der Waals surface area contributed by atoms with E-state index in [2.05, 4.69) is 15.5 Å². The first-order chi connectivity index (χ1) is 16.8. The van der Waals surface area contributed by atoms with Crippen molar-refractivity contribution in [2.45, 2.75) is 46.2 Å². The molecule has 0 saturated carbocycles. The van der Waals surface area contributed by atoms with Crippen LogP contribution in [0.4, 0.5) is 9.59 Å². The zero-order valence-corrected chi connectivity index (χ0v) is 21.7. The normalized spacial score (nSPS) is 21.1. The van der Waals surface area contributed by atoms with Gasteiger partial charge < -0.3 is 20.3 Å². The number of esters is 1. The van der Waals surface area contributed by atoms with Gasteiger partial charge >= 0.3 is 18.0 Å². The van der Waals surface area contributed by atoms with Crippen LogP contribution in [-0.4, -0.2) is 84.6 Å². The van der Waals surface area contributed by atoms with Crippen molar-refractivity contribution in [3.63, 3.8) is 0 Å². The van der Waals surface area contributed by atoms with Crippen molar-refractivity contribution in [1.82, 2.24) is 25.3 Å². The predicted molar refractivity (Wildman–Crippen MR) is 135 cm³/mol. The number of hydrogen-bond acceptors (Lipinski definition) is 5. The third-order valence-corrected chi connectivity index (χ3v) is 6.58. The van der Waals surface area contributed by atoms with Gasteiger partial charge in [0.15, 0.2) is 0 Å². The maximum Gasteiger partial charge on any atom is 0.338 e. The van der Waals surface area contributed by atoms with E-state index < -0.39 is 12.0 Å². The third-order valence-electron chi connectivity index (χ3n) is 6.33. The zero-order valence-electron chi connectivity index (χ0n) is 21.0. The molecule has 192 valence electrons. The van der Waals surface area contributed by atoms with Gasteiger partial charge in [0.2, 0.25) is 0 Å². The third kappa shape index (κ3) is 6.27. The van der Waals surface area contributed by atoms with E-state index in [-0.39, 0.29) is 24.7 Å². The lowest BCUT2D eigenvalue weighted by molar-refractivity contribution is -0.139. The van der Waals surface area contributed by atoms with Gasteiger partial charge in [0.1, 0.15) is 0 Å². The average Bonchev–Trinajstić information content (AvgIpc) is 2.83. The topological polar surface area (TPSA) is 94.2 Å². The number of likely N-dealkylation sites (N-methyl/N-ethyl adjacent to an activating group) is 1. The molecule has 2 heterocycles. The van der Waals surface area contributed by atoms with Crippen LogP contribution in [0.5, 0.6) is 0 Å². The van der Waals surface area contributed by atoms with Gasteiger partial charge in [0, 0.05) is 56.0 Å². The molecule has 1 aromatic carbocycles. The lowest BCUT2D eigenvalue weighted by Gasteiger charge is -2.42. The van der Waals surface area contributed by atoms with Crippen LogP contribution in [0.15, 0.2) is 35.5 Å². The molecular formula is C25H36ClN5O4. The molecule has 1 fully saturated rings. The summed E-state index contributed by atoms with van der Waals surface area (Å²) in [5, 5.41) is 6.48. The fourth-order valence-corrected chi connectivity index (χ4v) is 4.71. The minimum absolute atomic E-state index is 0.00759. The first-order valence-corrected chi connectivity index (χ1v) is 12.7. The summed E-state index contributed by atoms with van der Waals surface area (Å²) >= 11 is 6.07. The van der Waals surface area contributed by atoms with Crippen LogP contribution >= 0.6 is 11.6 Å². The number of carbonyl (C=O) groups excluding carboxylic acids is 3. The molecule has 9 nitrogen and oxygen atoms in total. The van der Waals surface area contributed by atoms with E-state index in [9.17, 15) is 14.4 Å². The quantitative estimate of drug-likeness (QED) is 0.528. The van der Waals surface area contributed by atoms with E-state index in [0.717, 1.165) is 12.0 Å². The molecule has 3 rings (SSSR count). The number of rotatable bonds is 8. The molecule has 0 bridgehead atoms. The summed E-state index contributed by atoms with van der Waals surface area (Å²) in [6.07, 6.45) is 0.884. The van der Waals surface area contributed by atoms with Crippen LogP contribution in [0.25, 0.3) is 0 Å². The second-order valence-corrected chi connectivity index (χ2v) is 9.21. The summed E-state index contributed by atoms with van der Waals surface area (Å²) in [4.78, 5) is 44.4. The molecule has 0 aliphatic carbocycles. The first-order valence-electron chi connectivity index (χ1n) is 12.3. The number of ether oxygens (including phenoxy) is 1. The molecule has 0 unspecified atom stereocenters. The Kier molecular flexibility index (Phi) is 9.40. The molecule has 10 heteroatoms. The maximum absolute atomic E-state index is 13.2. The van der Waals surface area contributed by atoms with Crippen molar-refractivity contribution in [3.05, 3.63) is 46.1 Å². The second kappa shape index (κ2) is 12.3. The molecular weight excluding hydrogens is 470 g/mol. The van der Waals surface area contributed by atoms with Gasteiger partial charge in [0.05, 0.1) is 18.2 Å². The smallest absolute Gasteiger partial charge is 0.338 e. The maximum atomic E-state index is 13.2. The van der Waals surface area contributed by atoms with Gasteiger partial charge in [-0.1, -0.05) is 30.7 Å². The Morgan fingerprint density at radius 1 is 1.17 bits per heavy atom. The number of hydrogen-bond donors (Lipinski definition) is 2. The SMILES string of the molecule is CCCNC(=O)N1CCN(CC2=C(C(=O)OCC)[C@H](c3ccc(Cl)cc3)NC(=O)N2CC)C[C@H]1C. The Morgan fingerprint density at radius 3 is 2.49 bits per heavy atom. The summed E-state index contributed by atoms with van der Waals surface area (Å²) < 4.78 is 5.43. The summed E-state index contributed by atoms with van der Waals surface area (Å²) in [5.41, 5.74) is 1.81. The largest absolute Gasteiger partial charge is 0.463 e. The van der Waals surface area contributed by atoms with Gasteiger partial charge in [-0.25, -0.2) is 14.4 Å². The molecule has 0 aromatic heterocycles. The molecule has 0 spiro atoms. The Balaban J connectivity index is 1.92. The number of piperazine rings is 1. The Bertz CT molecular complexity index is 952. The van der Waals surface area contributed by atoms with Crippen LogP contribution in [0.2, 0.25) is 5.02 Å². The summed E-state index contributed by atoms with van der Waals surface area (Å²) in [6.45, 7) is 11.2. The predicted octanol–water partition coefficient (Wildman–Crippen LogP) is 3.37. The molecule has 1 aromatic rings. The standard InChI is InChI=1S/C25H36ClN5O4/c1-5-12-27-24(33)31-14-13-29(15-17(31)4)16-20-21(23(32)35-7-3)22(28-25(34)30(20)6-2)18-8-10-19(26)11-9-18/h8-11,17,22H,5-7,12-16H2,1-4H3,(H,27,33)(H,28,34)/t17-,22+/m1/s1. The first kappa shape index (κ1) is 26.8. The van der Waals surface area contributed by atoms with Crippen molar-refractivity contribution < 1.29 is 19.1 Å². The number of urea groups is 2. The summed E-state index contributed by atoms with van der Waals surface area (Å²) in [6, 6.07) is 6.12. The monoisotopic (exact) mass is 505 g/mol. The molecule has 2 aliphatic rings. The molecule has 2 aliphatic heterocycles. The van der Waals surface area contributed by atoms with Gasteiger partial charge in [-0.2, -0.15) is 0 Å². The van der Waals surface area contributed by atoms with Crippen LogP contribution in [0.3, 0.4) is 0 Å². The minimum atomic E-state index is -0.643. The zero-order chi connectivity index (χ0) is 25.5. The van der Waals surface area contributed by atoms with E-state index in [1.807, 2.05) is 37.8 Å².